The van der Waals surface area contributed by atoms with Crippen molar-refractivity contribution in [2.24, 2.45) is 0 Å². The standard InChI is InChI=1S/C18H25N3O2S/c1-3-15-19-10-12-21(15)11-6-9-20-18(22)17-16(23-2)13-7-4-5-8-14(13)24-17/h10,12H,3-9,11H2,1-2H3,(H,20,22). The summed E-state index contributed by atoms with van der Waals surface area (Å²) < 4.78 is 7.69. The van der Waals surface area contributed by atoms with Crippen molar-refractivity contribution >= 4 is 17.2 Å². The van der Waals surface area contributed by atoms with E-state index in [-0.39, 0.29) is 5.91 Å². The fourth-order valence-corrected chi connectivity index (χ4v) is 4.57. The van der Waals surface area contributed by atoms with E-state index in [1.165, 1.54) is 23.3 Å². The van der Waals surface area contributed by atoms with E-state index in [0.29, 0.717) is 6.54 Å². The second-order valence-electron chi connectivity index (χ2n) is 6.07. The number of nitrogens with one attached hydrogen (secondary N) is 1. The Bertz CT molecular complexity index is 705. The van der Waals surface area contributed by atoms with Crippen molar-refractivity contribution in [3.63, 3.8) is 0 Å². The summed E-state index contributed by atoms with van der Waals surface area (Å²) >= 11 is 1.60. The predicted molar refractivity (Wildman–Crippen MR) is 96.1 cm³/mol. The summed E-state index contributed by atoms with van der Waals surface area (Å²) in [5.74, 6) is 1.89. The molecule has 1 amide bonds. The van der Waals surface area contributed by atoms with Gasteiger partial charge in [0.25, 0.3) is 5.91 Å². The Hall–Kier alpha value is -1.82. The van der Waals surface area contributed by atoms with E-state index in [1.807, 2.05) is 12.4 Å². The van der Waals surface area contributed by atoms with Gasteiger partial charge in [-0.15, -0.1) is 11.3 Å². The van der Waals surface area contributed by atoms with Gasteiger partial charge in [-0.05, 0) is 32.1 Å². The SMILES string of the molecule is CCc1nccn1CCCNC(=O)c1sc2c(c1OC)CCCC2. The van der Waals surface area contributed by atoms with E-state index < -0.39 is 0 Å². The molecule has 1 N–H and O–H groups in total. The number of carbonyl (C=O) groups is 1. The molecule has 0 fully saturated rings. The van der Waals surface area contributed by atoms with Crippen molar-refractivity contribution in [1.82, 2.24) is 14.9 Å². The summed E-state index contributed by atoms with van der Waals surface area (Å²) in [4.78, 5) is 18.9. The van der Waals surface area contributed by atoms with Gasteiger partial charge in [0, 0.05) is 42.3 Å². The van der Waals surface area contributed by atoms with Gasteiger partial charge in [0.2, 0.25) is 0 Å². The highest BCUT2D eigenvalue weighted by Gasteiger charge is 2.25. The third kappa shape index (κ3) is 3.48. The number of nitrogens with zero attached hydrogens (tertiary/aromatic N) is 2. The number of amides is 1. The molecule has 2 aromatic heterocycles. The van der Waals surface area contributed by atoms with E-state index in [0.717, 1.165) is 48.7 Å². The third-order valence-corrected chi connectivity index (χ3v) is 5.78. The number of hydrogen-bond donors (Lipinski definition) is 1. The van der Waals surface area contributed by atoms with Gasteiger partial charge < -0.3 is 14.6 Å². The summed E-state index contributed by atoms with van der Waals surface area (Å²) in [6, 6.07) is 0. The molecule has 0 aromatic carbocycles. The van der Waals surface area contributed by atoms with Crippen molar-refractivity contribution < 1.29 is 9.53 Å². The van der Waals surface area contributed by atoms with Crippen LogP contribution < -0.4 is 10.1 Å². The van der Waals surface area contributed by atoms with Crippen molar-refractivity contribution in [2.75, 3.05) is 13.7 Å². The maximum atomic E-state index is 12.5. The first kappa shape index (κ1) is 17.0. The van der Waals surface area contributed by atoms with E-state index in [2.05, 4.69) is 21.8 Å². The monoisotopic (exact) mass is 347 g/mol. The van der Waals surface area contributed by atoms with Gasteiger partial charge in [-0.2, -0.15) is 0 Å². The predicted octanol–water partition coefficient (Wildman–Crippen LogP) is 3.21. The number of hydrogen-bond acceptors (Lipinski definition) is 4. The van der Waals surface area contributed by atoms with Crippen molar-refractivity contribution in [2.45, 2.75) is 52.0 Å². The quantitative estimate of drug-likeness (QED) is 0.783. The summed E-state index contributed by atoms with van der Waals surface area (Å²) in [5.41, 5.74) is 1.25. The fraction of sp³-hybridized carbons (Fsp3) is 0.556. The number of aryl methyl sites for hydroxylation is 3. The van der Waals surface area contributed by atoms with Gasteiger partial charge in [0.15, 0.2) is 0 Å². The average Bonchev–Trinajstić information content (AvgIpc) is 3.21. The molecule has 2 aromatic rings. The Balaban J connectivity index is 1.56. The van der Waals surface area contributed by atoms with E-state index in [4.69, 9.17) is 4.74 Å². The first-order valence-corrected chi connectivity index (χ1v) is 9.53. The van der Waals surface area contributed by atoms with Gasteiger partial charge in [-0.1, -0.05) is 6.92 Å². The molecular formula is C18H25N3O2S. The van der Waals surface area contributed by atoms with Crippen molar-refractivity contribution in [3.05, 3.63) is 33.5 Å². The Morgan fingerprint density at radius 3 is 3.04 bits per heavy atom. The topological polar surface area (TPSA) is 56.2 Å². The molecule has 0 saturated carbocycles. The molecule has 2 heterocycles. The van der Waals surface area contributed by atoms with Crippen LogP contribution >= 0.6 is 11.3 Å². The Morgan fingerprint density at radius 2 is 2.25 bits per heavy atom. The van der Waals surface area contributed by atoms with Gasteiger partial charge in [-0.25, -0.2) is 4.98 Å². The fourth-order valence-electron chi connectivity index (χ4n) is 3.29. The van der Waals surface area contributed by atoms with Crippen molar-refractivity contribution in [3.8, 4) is 5.75 Å². The van der Waals surface area contributed by atoms with E-state index >= 15 is 0 Å². The van der Waals surface area contributed by atoms with Crippen LogP contribution in [0, 0.1) is 0 Å². The van der Waals surface area contributed by atoms with Crippen LogP contribution in [0.5, 0.6) is 5.75 Å². The van der Waals surface area contributed by atoms with Crippen LogP contribution in [0.2, 0.25) is 0 Å². The van der Waals surface area contributed by atoms with Crippen LogP contribution in [0.3, 0.4) is 0 Å². The second-order valence-corrected chi connectivity index (χ2v) is 7.18. The minimum atomic E-state index is -0.00686. The molecular weight excluding hydrogens is 322 g/mol. The smallest absolute Gasteiger partial charge is 0.265 e. The number of fused-ring (bicyclic) bond motifs is 1. The molecule has 0 bridgehead atoms. The van der Waals surface area contributed by atoms with Gasteiger partial charge in [-0.3, -0.25) is 4.79 Å². The maximum absolute atomic E-state index is 12.5. The summed E-state index contributed by atoms with van der Waals surface area (Å²) in [7, 11) is 1.67. The van der Waals surface area contributed by atoms with Crippen LogP contribution in [-0.4, -0.2) is 29.1 Å². The molecule has 130 valence electrons. The molecule has 0 aliphatic heterocycles. The highest BCUT2D eigenvalue weighted by molar-refractivity contribution is 7.14. The first-order chi connectivity index (χ1) is 11.7. The highest BCUT2D eigenvalue weighted by atomic mass is 32.1. The van der Waals surface area contributed by atoms with Gasteiger partial charge in [0.05, 0.1) is 7.11 Å². The lowest BCUT2D eigenvalue weighted by Crippen LogP contribution is -2.25. The summed E-state index contributed by atoms with van der Waals surface area (Å²) in [6.07, 6.45) is 10.1. The zero-order valence-electron chi connectivity index (χ0n) is 14.4. The Morgan fingerprint density at radius 1 is 1.42 bits per heavy atom. The average molecular weight is 347 g/mol. The van der Waals surface area contributed by atoms with Crippen LogP contribution in [-0.2, 0) is 25.8 Å². The first-order valence-electron chi connectivity index (χ1n) is 8.71. The molecule has 1 aliphatic rings. The number of rotatable bonds is 7. The van der Waals surface area contributed by atoms with Gasteiger partial charge >= 0.3 is 0 Å². The number of thiophene rings is 1. The second kappa shape index (κ2) is 7.83. The molecule has 24 heavy (non-hydrogen) atoms. The van der Waals surface area contributed by atoms with Crippen LogP contribution in [0.1, 0.15) is 52.1 Å². The lowest BCUT2D eigenvalue weighted by atomic mass is 9.98. The summed E-state index contributed by atoms with van der Waals surface area (Å²) in [6.45, 7) is 3.64. The highest BCUT2D eigenvalue weighted by Crippen LogP contribution is 2.39. The largest absolute Gasteiger partial charge is 0.495 e. The normalized spacial score (nSPS) is 13.6. The molecule has 0 atom stereocenters. The van der Waals surface area contributed by atoms with Gasteiger partial charge in [0.1, 0.15) is 16.5 Å². The molecule has 0 spiro atoms. The zero-order valence-corrected chi connectivity index (χ0v) is 15.2. The molecule has 0 saturated heterocycles. The molecule has 1 aliphatic carbocycles. The van der Waals surface area contributed by atoms with Crippen LogP contribution in [0.25, 0.3) is 0 Å². The molecule has 5 nitrogen and oxygen atoms in total. The third-order valence-electron chi connectivity index (χ3n) is 4.51. The number of carbonyl (C=O) groups excluding carboxylic acids is 1. The minimum absolute atomic E-state index is 0.00686. The van der Waals surface area contributed by atoms with E-state index in [9.17, 15) is 4.79 Å². The minimum Gasteiger partial charge on any atom is -0.495 e. The molecule has 0 unspecified atom stereocenters. The maximum Gasteiger partial charge on any atom is 0.265 e. The molecule has 3 rings (SSSR count). The van der Waals surface area contributed by atoms with E-state index in [1.54, 1.807) is 18.4 Å². The molecule has 0 radical (unpaired) electrons. The molecule has 6 heteroatoms. The number of aromatic nitrogens is 2. The summed E-state index contributed by atoms with van der Waals surface area (Å²) in [5, 5.41) is 3.04. The Labute approximate surface area is 147 Å². The lowest BCUT2D eigenvalue weighted by Gasteiger charge is -2.12. The zero-order chi connectivity index (χ0) is 16.9. The number of ether oxygens (including phenoxy) is 1. The Kier molecular flexibility index (Phi) is 5.56. The number of methoxy groups -OCH3 is 1. The van der Waals surface area contributed by atoms with Crippen LogP contribution in [0.4, 0.5) is 0 Å². The van der Waals surface area contributed by atoms with Crippen molar-refractivity contribution in [1.29, 1.82) is 0 Å². The lowest BCUT2D eigenvalue weighted by molar-refractivity contribution is 0.0954. The number of imidazole rings is 1. The van der Waals surface area contributed by atoms with Crippen LogP contribution in [0.15, 0.2) is 12.4 Å².